The summed E-state index contributed by atoms with van der Waals surface area (Å²) in [6.07, 6.45) is 0.204. The molecule has 1 atom stereocenters. The van der Waals surface area contributed by atoms with Crippen LogP contribution in [-0.4, -0.2) is 19.3 Å². The van der Waals surface area contributed by atoms with Crippen molar-refractivity contribution in [1.82, 2.24) is 0 Å². The molecule has 0 bridgehead atoms. The molecule has 0 radical (unpaired) electrons. The number of ether oxygens (including phenoxy) is 2. The van der Waals surface area contributed by atoms with E-state index in [1.165, 1.54) is 12.1 Å². The van der Waals surface area contributed by atoms with Crippen LogP contribution in [0.15, 0.2) is 35.0 Å². The molecule has 17 heavy (non-hydrogen) atoms. The van der Waals surface area contributed by atoms with Crippen LogP contribution in [0.4, 0.5) is 4.39 Å². The molecule has 0 aliphatic carbocycles. The van der Waals surface area contributed by atoms with Crippen molar-refractivity contribution < 1.29 is 13.9 Å². The molecule has 0 spiro atoms. The second-order valence-electron chi connectivity index (χ2n) is 3.92. The van der Waals surface area contributed by atoms with Gasteiger partial charge in [0, 0.05) is 5.56 Å². The Kier molecular flexibility index (Phi) is 2.82. The number of rotatable bonds is 4. The van der Waals surface area contributed by atoms with Crippen LogP contribution in [0.2, 0.25) is 0 Å². The third kappa shape index (κ3) is 2.48. The van der Waals surface area contributed by atoms with E-state index in [0.717, 1.165) is 17.7 Å². The van der Waals surface area contributed by atoms with Gasteiger partial charge in [-0.05, 0) is 40.6 Å². The number of halogens is 1. The van der Waals surface area contributed by atoms with E-state index < -0.39 is 0 Å². The Morgan fingerprint density at radius 2 is 2.29 bits per heavy atom. The molecule has 1 aromatic heterocycles. The van der Waals surface area contributed by atoms with Crippen molar-refractivity contribution in [2.75, 3.05) is 13.2 Å². The number of hydrogen-bond acceptors (Lipinski definition) is 3. The Balaban J connectivity index is 1.89. The van der Waals surface area contributed by atoms with Gasteiger partial charge in [0.1, 0.15) is 24.3 Å². The molecule has 0 saturated carbocycles. The maximum Gasteiger partial charge on any atom is 0.127 e. The third-order valence-electron chi connectivity index (χ3n) is 2.60. The van der Waals surface area contributed by atoms with Crippen LogP contribution in [0.25, 0.3) is 11.1 Å². The second kappa shape index (κ2) is 4.47. The van der Waals surface area contributed by atoms with Crippen molar-refractivity contribution in [1.29, 1.82) is 0 Å². The number of benzene rings is 1. The molecular formula is C13H11FO2S. The van der Waals surface area contributed by atoms with Gasteiger partial charge in [-0.1, -0.05) is 0 Å². The molecule has 0 unspecified atom stereocenters. The van der Waals surface area contributed by atoms with E-state index >= 15 is 0 Å². The number of epoxide rings is 1. The van der Waals surface area contributed by atoms with E-state index in [4.69, 9.17) is 9.47 Å². The van der Waals surface area contributed by atoms with Gasteiger partial charge in [-0.15, -0.1) is 0 Å². The van der Waals surface area contributed by atoms with E-state index in [1.807, 2.05) is 16.8 Å². The summed E-state index contributed by atoms with van der Waals surface area (Å²) in [6, 6.07) is 6.55. The van der Waals surface area contributed by atoms with Gasteiger partial charge in [0.05, 0.1) is 6.61 Å². The molecule has 1 aliphatic rings. The molecule has 2 nitrogen and oxygen atoms in total. The Morgan fingerprint density at radius 1 is 1.41 bits per heavy atom. The summed E-state index contributed by atoms with van der Waals surface area (Å²) in [5.41, 5.74) is 1.79. The minimum atomic E-state index is -0.249. The maximum atomic E-state index is 13.3. The Bertz CT molecular complexity index is 506. The molecule has 3 rings (SSSR count). The topological polar surface area (TPSA) is 21.8 Å². The van der Waals surface area contributed by atoms with Crippen LogP contribution in [-0.2, 0) is 4.74 Å². The predicted octanol–water partition coefficient (Wildman–Crippen LogP) is 3.33. The quantitative estimate of drug-likeness (QED) is 0.776. The summed E-state index contributed by atoms with van der Waals surface area (Å²) in [6.45, 7) is 1.29. The lowest BCUT2D eigenvalue weighted by Gasteiger charge is -2.09. The summed E-state index contributed by atoms with van der Waals surface area (Å²) in [5, 5.41) is 3.95. The van der Waals surface area contributed by atoms with Crippen LogP contribution >= 0.6 is 11.3 Å². The van der Waals surface area contributed by atoms with Gasteiger partial charge in [0.2, 0.25) is 0 Å². The summed E-state index contributed by atoms with van der Waals surface area (Å²) in [5.74, 6) is 0.460. The first-order valence-electron chi connectivity index (χ1n) is 5.39. The highest BCUT2D eigenvalue weighted by Gasteiger charge is 2.23. The first-order valence-corrected chi connectivity index (χ1v) is 6.34. The molecule has 4 heteroatoms. The largest absolute Gasteiger partial charge is 0.490 e. The summed E-state index contributed by atoms with van der Waals surface area (Å²) < 4.78 is 24.0. The molecule has 2 aromatic rings. The van der Waals surface area contributed by atoms with E-state index in [1.54, 1.807) is 17.4 Å². The zero-order valence-corrected chi connectivity index (χ0v) is 9.87. The first-order chi connectivity index (χ1) is 8.33. The summed E-state index contributed by atoms with van der Waals surface area (Å²) >= 11 is 1.58. The van der Waals surface area contributed by atoms with E-state index in [2.05, 4.69) is 0 Å². The monoisotopic (exact) mass is 250 g/mol. The van der Waals surface area contributed by atoms with Gasteiger partial charge in [0.25, 0.3) is 0 Å². The van der Waals surface area contributed by atoms with Crippen LogP contribution in [0.3, 0.4) is 0 Å². The van der Waals surface area contributed by atoms with Gasteiger partial charge < -0.3 is 9.47 Å². The van der Waals surface area contributed by atoms with Gasteiger partial charge in [0.15, 0.2) is 0 Å². The highest BCUT2D eigenvalue weighted by Crippen LogP contribution is 2.32. The highest BCUT2D eigenvalue weighted by atomic mass is 32.1. The minimum absolute atomic E-state index is 0.204. The lowest BCUT2D eigenvalue weighted by molar-refractivity contribution is 0.263. The number of thiophene rings is 1. The van der Waals surface area contributed by atoms with Crippen molar-refractivity contribution in [2.24, 2.45) is 0 Å². The number of hydrogen-bond donors (Lipinski definition) is 0. The van der Waals surface area contributed by atoms with E-state index in [0.29, 0.717) is 12.4 Å². The molecule has 1 saturated heterocycles. The van der Waals surface area contributed by atoms with Crippen LogP contribution in [0, 0.1) is 5.82 Å². The molecule has 1 aliphatic heterocycles. The second-order valence-corrected chi connectivity index (χ2v) is 4.70. The fourth-order valence-electron chi connectivity index (χ4n) is 1.62. The Labute approximate surface area is 103 Å². The predicted molar refractivity (Wildman–Crippen MR) is 64.9 cm³/mol. The van der Waals surface area contributed by atoms with Crippen LogP contribution in [0.5, 0.6) is 5.75 Å². The molecular weight excluding hydrogens is 239 g/mol. The molecule has 0 amide bonds. The molecule has 0 N–H and O–H groups in total. The van der Waals surface area contributed by atoms with Gasteiger partial charge in [-0.2, -0.15) is 11.3 Å². The van der Waals surface area contributed by atoms with Gasteiger partial charge in [-0.25, -0.2) is 4.39 Å². The summed E-state index contributed by atoms with van der Waals surface area (Å²) in [7, 11) is 0. The lowest BCUT2D eigenvalue weighted by atomic mass is 10.1. The Hall–Kier alpha value is -1.39. The molecule has 88 valence electrons. The normalized spacial score (nSPS) is 18.1. The van der Waals surface area contributed by atoms with Crippen molar-refractivity contribution in [3.8, 4) is 16.9 Å². The highest BCUT2D eigenvalue weighted by molar-refractivity contribution is 7.08. The minimum Gasteiger partial charge on any atom is -0.490 e. The van der Waals surface area contributed by atoms with E-state index in [9.17, 15) is 4.39 Å². The fourth-order valence-corrected chi connectivity index (χ4v) is 2.27. The van der Waals surface area contributed by atoms with Crippen molar-refractivity contribution in [3.05, 3.63) is 40.8 Å². The van der Waals surface area contributed by atoms with Gasteiger partial charge >= 0.3 is 0 Å². The smallest absolute Gasteiger partial charge is 0.127 e. The molecule has 1 aromatic carbocycles. The molecule has 2 heterocycles. The van der Waals surface area contributed by atoms with Crippen LogP contribution < -0.4 is 4.74 Å². The van der Waals surface area contributed by atoms with Gasteiger partial charge in [-0.3, -0.25) is 0 Å². The Morgan fingerprint density at radius 3 is 3.00 bits per heavy atom. The standard InChI is InChI=1S/C13H11FO2S/c14-10-1-2-13(16-7-11-6-15-11)12(5-10)9-3-4-17-8-9/h1-5,8,11H,6-7H2/t11-/m0/s1. The lowest BCUT2D eigenvalue weighted by Crippen LogP contribution is -2.05. The molecule has 1 fully saturated rings. The van der Waals surface area contributed by atoms with Crippen molar-refractivity contribution in [3.63, 3.8) is 0 Å². The fraction of sp³-hybridized carbons (Fsp3) is 0.231. The van der Waals surface area contributed by atoms with Crippen molar-refractivity contribution in [2.45, 2.75) is 6.10 Å². The third-order valence-corrected chi connectivity index (χ3v) is 3.28. The average Bonchev–Trinajstić information content (AvgIpc) is 3.00. The van der Waals surface area contributed by atoms with Crippen molar-refractivity contribution >= 4 is 11.3 Å². The van der Waals surface area contributed by atoms with E-state index in [-0.39, 0.29) is 11.9 Å². The SMILES string of the molecule is Fc1ccc(OC[C@@H]2CO2)c(-c2ccsc2)c1. The first kappa shape index (κ1) is 10.7. The zero-order chi connectivity index (χ0) is 11.7. The summed E-state index contributed by atoms with van der Waals surface area (Å²) in [4.78, 5) is 0. The zero-order valence-electron chi connectivity index (χ0n) is 9.06. The average molecular weight is 250 g/mol. The maximum absolute atomic E-state index is 13.3. The van der Waals surface area contributed by atoms with Crippen LogP contribution in [0.1, 0.15) is 0 Å².